The first-order chi connectivity index (χ1) is 14.2. The second-order valence-electron chi connectivity index (χ2n) is 7.61. The number of aromatic nitrogens is 1. The molecule has 0 atom stereocenters. The normalized spacial score (nSPS) is 14.2. The second kappa shape index (κ2) is 7.82. The largest absolute Gasteiger partial charge is 0.300 e. The fourth-order valence-corrected chi connectivity index (χ4v) is 6.67. The number of carbonyl (C=O) groups is 1. The summed E-state index contributed by atoms with van der Waals surface area (Å²) in [4.78, 5) is 22.0. The molecule has 0 amide bonds. The van der Waals surface area contributed by atoms with Gasteiger partial charge >= 0.3 is 0 Å². The van der Waals surface area contributed by atoms with Crippen LogP contribution in [0.4, 0.5) is 0 Å². The molecule has 5 rings (SSSR count). The first-order valence-corrected chi connectivity index (χ1v) is 11.6. The Hall–Kier alpha value is -2.34. The highest BCUT2D eigenvalue weighted by Gasteiger charge is 2.27. The molecule has 4 aromatic rings. The maximum Gasteiger partial charge on any atom is 0.135 e. The standard InChI is InChI=1S/C24H22N2OS2/c1-16(27)13-21-23(24-25-19-9-5-6-10-20(19)29-24)18-11-12-26(15-22(18)28-21)14-17-7-3-2-4-8-17/h2-10H,11-15H2,1H3. The predicted molar refractivity (Wildman–Crippen MR) is 122 cm³/mol. The third kappa shape index (κ3) is 3.78. The van der Waals surface area contributed by atoms with Gasteiger partial charge in [0.05, 0.1) is 10.2 Å². The van der Waals surface area contributed by atoms with Crippen molar-refractivity contribution in [2.45, 2.75) is 32.9 Å². The summed E-state index contributed by atoms with van der Waals surface area (Å²) >= 11 is 3.56. The maximum atomic E-state index is 12.0. The lowest BCUT2D eigenvalue weighted by atomic mass is 10.00. The summed E-state index contributed by atoms with van der Waals surface area (Å²) in [5, 5.41) is 1.07. The van der Waals surface area contributed by atoms with Crippen LogP contribution in [0.1, 0.15) is 27.8 Å². The Bertz CT molecular complexity index is 1140. The Kier molecular flexibility index (Phi) is 5.04. The van der Waals surface area contributed by atoms with Crippen molar-refractivity contribution in [3.05, 3.63) is 75.5 Å². The zero-order valence-electron chi connectivity index (χ0n) is 16.4. The van der Waals surface area contributed by atoms with Gasteiger partial charge in [0.15, 0.2) is 0 Å². The summed E-state index contributed by atoms with van der Waals surface area (Å²) in [6, 6.07) is 18.9. The highest BCUT2D eigenvalue weighted by molar-refractivity contribution is 7.22. The van der Waals surface area contributed by atoms with Crippen LogP contribution < -0.4 is 0 Å². The molecule has 3 nitrogen and oxygen atoms in total. The third-order valence-electron chi connectivity index (χ3n) is 5.38. The van der Waals surface area contributed by atoms with Gasteiger partial charge in [-0.1, -0.05) is 42.5 Å². The molecule has 0 N–H and O–H groups in total. The van der Waals surface area contributed by atoms with Gasteiger partial charge < -0.3 is 0 Å². The van der Waals surface area contributed by atoms with E-state index in [1.54, 1.807) is 18.3 Å². The van der Waals surface area contributed by atoms with Crippen LogP contribution in [0.2, 0.25) is 0 Å². The molecule has 29 heavy (non-hydrogen) atoms. The fraction of sp³-hybridized carbons (Fsp3) is 0.250. The van der Waals surface area contributed by atoms with Gasteiger partial charge in [0.2, 0.25) is 0 Å². The van der Waals surface area contributed by atoms with E-state index in [2.05, 4.69) is 53.4 Å². The summed E-state index contributed by atoms with van der Waals surface area (Å²) in [6.07, 6.45) is 1.52. The number of para-hydroxylation sites is 1. The van der Waals surface area contributed by atoms with E-state index in [1.165, 1.54) is 31.1 Å². The number of fused-ring (bicyclic) bond motifs is 2. The van der Waals surface area contributed by atoms with E-state index >= 15 is 0 Å². The topological polar surface area (TPSA) is 33.2 Å². The van der Waals surface area contributed by atoms with Gasteiger partial charge in [0.1, 0.15) is 10.8 Å². The molecular weight excluding hydrogens is 396 g/mol. The molecule has 0 bridgehead atoms. The molecule has 0 unspecified atom stereocenters. The Balaban J connectivity index is 1.51. The SMILES string of the molecule is CC(=O)Cc1sc2c(c1-c1nc3ccccc3s1)CCN(Cc1ccccc1)C2. The van der Waals surface area contributed by atoms with E-state index in [9.17, 15) is 4.79 Å². The van der Waals surface area contributed by atoms with Crippen LogP contribution in [-0.4, -0.2) is 22.2 Å². The number of thiazole rings is 1. The van der Waals surface area contributed by atoms with Crippen LogP contribution in [-0.2, 0) is 30.7 Å². The van der Waals surface area contributed by atoms with Gasteiger partial charge in [0.25, 0.3) is 0 Å². The summed E-state index contributed by atoms with van der Waals surface area (Å²) in [5.41, 5.74) is 5.04. The van der Waals surface area contributed by atoms with E-state index in [1.807, 2.05) is 17.4 Å². The molecule has 2 aromatic carbocycles. The molecule has 0 fully saturated rings. The molecular formula is C24H22N2OS2. The van der Waals surface area contributed by atoms with Crippen molar-refractivity contribution in [1.82, 2.24) is 9.88 Å². The molecule has 3 heterocycles. The summed E-state index contributed by atoms with van der Waals surface area (Å²) in [6.45, 7) is 4.64. The Labute approximate surface area is 178 Å². The monoisotopic (exact) mass is 418 g/mol. The Morgan fingerprint density at radius 2 is 1.86 bits per heavy atom. The minimum absolute atomic E-state index is 0.215. The zero-order chi connectivity index (χ0) is 19.8. The van der Waals surface area contributed by atoms with Crippen LogP contribution in [0.5, 0.6) is 0 Å². The lowest BCUT2D eigenvalue weighted by molar-refractivity contribution is -0.116. The quantitative estimate of drug-likeness (QED) is 0.416. The third-order valence-corrected chi connectivity index (χ3v) is 7.65. The van der Waals surface area contributed by atoms with Crippen LogP contribution in [0.25, 0.3) is 20.8 Å². The number of hydrogen-bond acceptors (Lipinski definition) is 5. The average Bonchev–Trinajstić information content (AvgIpc) is 3.28. The Morgan fingerprint density at radius 3 is 2.66 bits per heavy atom. The lowest BCUT2D eigenvalue weighted by Gasteiger charge is -2.27. The number of carbonyl (C=O) groups excluding carboxylic acids is 1. The van der Waals surface area contributed by atoms with Gasteiger partial charge in [-0.2, -0.15) is 0 Å². The minimum atomic E-state index is 0.215. The number of nitrogens with zero attached hydrogens (tertiary/aromatic N) is 2. The first-order valence-electron chi connectivity index (χ1n) is 9.92. The zero-order valence-corrected chi connectivity index (χ0v) is 18.0. The number of benzene rings is 2. The van der Waals surface area contributed by atoms with Crippen molar-refractivity contribution in [1.29, 1.82) is 0 Å². The van der Waals surface area contributed by atoms with E-state index in [0.717, 1.165) is 36.6 Å². The highest BCUT2D eigenvalue weighted by atomic mass is 32.1. The van der Waals surface area contributed by atoms with Gasteiger partial charge in [-0.3, -0.25) is 9.69 Å². The Morgan fingerprint density at radius 1 is 1.07 bits per heavy atom. The van der Waals surface area contributed by atoms with Gasteiger partial charge in [-0.15, -0.1) is 22.7 Å². The van der Waals surface area contributed by atoms with Crippen LogP contribution in [0.15, 0.2) is 54.6 Å². The summed E-state index contributed by atoms with van der Waals surface area (Å²) in [5.74, 6) is 0.215. The fourth-order valence-electron chi connectivity index (χ4n) is 4.07. The molecule has 1 aliphatic rings. The van der Waals surface area contributed by atoms with Crippen molar-refractivity contribution in [2.24, 2.45) is 0 Å². The van der Waals surface area contributed by atoms with Crippen molar-refractivity contribution in [3.63, 3.8) is 0 Å². The van der Waals surface area contributed by atoms with Crippen molar-refractivity contribution in [2.75, 3.05) is 6.54 Å². The smallest absolute Gasteiger partial charge is 0.135 e. The number of Topliss-reactive ketones (excluding diaryl/α,β-unsaturated/α-hetero) is 1. The van der Waals surface area contributed by atoms with Crippen LogP contribution in [0.3, 0.4) is 0 Å². The van der Waals surface area contributed by atoms with Crippen LogP contribution in [0, 0.1) is 0 Å². The first kappa shape index (κ1) is 18.7. The maximum absolute atomic E-state index is 12.0. The molecule has 0 saturated heterocycles. The molecule has 5 heteroatoms. The molecule has 146 valence electrons. The number of rotatable bonds is 5. The van der Waals surface area contributed by atoms with Gasteiger partial charge in [-0.25, -0.2) is 4.98 Å². The number of ketones is 1. The molecule has 2 aromatic heterocycles. The molecule has 1 aliphatic heterocycles. The van der Waals surface area contributed by atoms with Crippen molar-refractivity contribution in [3.8, 4) is 10.6 Å². The molecule has 0 spiro atoms. The van der Waals surface area contributed by atoms with E-state index in [-0.39, 0.29) is 5.78 Å². The highest BCUT2D eigenvalue weighted by Crippen LogP contribution is 2.43. The molecule has 0 aliphatic carbocycles. The van der Waals surface area contributed by atoms with E-state index in [4.69, 9.17) is 4.98 Å². The van der Waals surface area contributed by atoms with Crippen molar-refractivity contribution < 1.29 is 4.79 Å². The van der Waals surface area contributed by atoms with Gasteiger partial charge in [0, 0.05) is 41.4 Å². The van der Waals surface area contributed by atoms with Crippen LogP contribution >= 0.6 is 22.7 Å². The molecule has 0 radical (unpaired) electrons. The van der Waals surface area contributed by atoms with Crippen molar-refractivity contribution >= 4 is 38.7 Å². The summed E-state index contributed by atoms with van der Waals surface area (Å²) in [7, 11) is 0. The average molecular weight is 419 g/mol. The van der Waals surface area contributed by atoms with E-state index < -0.39 is 0 Å². The lowest BCUT2D eigenvalue weighted by Crippen LogP contribution is -2.29. The number of hydrogen-bond donors (Lipinski definition) is 0. The minimum Gasteiger partial charge on any atom is -0.300 e. The van der Waals surface area contributed by atoms with E-state index in [0.29, 0.717) is 6.42 Å². The predicted octanol–water partition coefficient (Wildman–Crippen LogP) is 5.71. The van der Waals surface area contributed by atoms with Gasteiger partial charge in [-0.05, 0) is 36.6 Å². The molecule has 0 saturated carbocycles. The number of thiophene rings is 1. The summed E-state index contributed by atoms with van der Waals surface area (Å²) < 4.78 is 1.21. The second-order valence-corrected chi connectivity index (χ2v) is 9.83.